The van der Waals surface area contributed by atoms with Gasteiger partial charge in [-0.2, -0.15) is 0 Å². The lowest BCUT2D eigenvalue weighted by Gasteiger charge is -2.39. The number of rotatable bonds is 10. The van der Waals surface area contributed by atoms with Gasteiger partial charge in [0.2, 0.25) is 0 Å². The Morgan fingerprint density at radius 2 is 1.86 bits per heavy atom. The average molecular weight is 506 g/mol. The van der Waals surface area contributed by atoms with Gasteiger partial charge in [0.05, 0.1) is 12.2 Å². The van der Waals surface area contributed by atoms with Crippen molar-refractivity contribution in [3.8, 4) is 5.75 Å². The molecule has 198 valence electrons. The zero-order valence-corrected chi connectivity index (χ0v) is 21.9. The van der Waals surface area contributed by atoms with Gasteiger partial charge in [-0.05, 0) is 63.6 Å². The van der Waals surface area contributed by atoms with E-state index in [0.717, 1.165) is 36.3 Å². The van der Waals surface area contributed by atoms with Gasteiger partial charge in [0.15, 0.2) is 0 Å². The van der Waals surface area contributed by atoms with Crippen LogP contribution in [0.1, 0.15) is 32.3 Å². The first-order chi connectivity index (χ1) is 17.9. The summed E-state index contributed by atoms with van der Waals surface area (Å²) in [5, 5.41) is 20.3. The predicted octanol–water partition coefficient (Wildman–Crippen LogP) is 4.60. The van der Waals surface area contributed by atoms with Crippen molar-refractivity contribution >= 4 is 17.4 Å². The zero-order valence-electron chi connectivity index (χ0n) is 21.9. The molecule has 2 aromatic carbocycles. The van der Waals surface area contributed by atoms with Crippen molar-refractivity contribution in [2.75, 3.05) is 42.6 Å². The maximum Gasteiger partial charge on any atom is 0.329 e. The van der Waals surface area contributed by atoms with Crippen molar-refractivity contribution in [2.45, 2.75) is 44.9 Å². The molecule has 0 radical (unpaired) electrons. The molecular weight excluding hydrogens is 466 g/mol. The van der Waals surface area contributed by atoms with Gasteiger partial charge in [0.1, 0.15) is 11.9 Å². The zero-order chi connectivity index (χ0) is 26.4. The van der Waals surface area contributed by atoms with Gasteiger partial charge in [0, 0.05) is 55.1 Å². The Balaban J connectivity index is 1.58. The number of likely N-dealkylation sites (tertiary alicyclic amines) is 1. The van der Waals surface area contributed by atoms with Crippen molar-refractivity contribution in [2.24, 2.45) is 5.92 Å². The van der Waals surface area contributed by atoms with Crippen molar-refractivity contribution in [3.05, 3.63) is 78.9 Å². The minimum absolute atomic E-state index is 0.00466. The van der Waals surface area contributed by atoms with E-state index in [9.17, 15) is 15.0 Å². The number of amides is 2. The molecule has 0 aliphatic carbocycles. The van der Waals surface area contributed by atoms with Crippen LogP contribution in [-0.4, -0.2) is 65.6 Å². The summed E-state index contributed by atoms with van der Waals surface area (Å²) < 4.78 is 6.37. The van der Waals surface area contributed by atoms with Crippen LogP contribution in [0.5, 0.6) is 5.75 Å². The molecule has 3 atom stereocenters. The summed E-state index contributed by atoms with van der Waals surface area (Å²) in [7, 11) is 0. The second-order valence-corrected chi connectivity index (χ2v) is 10.1. The van der Waals surface area contributed by atoms with E-state index < -0.39 is 5.60 Å². The minimum atomic E-state index is -1.09. The van der Waals surface area contributed by atoms with E-state index in [1.807, 2.05) is 67.6 Å². The Labute approximate surface area is 220 Å². The van der Waals surface area contributed by atoms with Crippen LogP contribution in [0.4, 0.5) is 16.2 Å². The summed E-state index contributed by atoms with van der Waals surface area (Å²) >= 11 is 0. The van der Waals surface area contributed by atoms with Gasteiger partial charge in [-0.15, -0.1) is 0 Å². The maximum atomic E-state index is 13.3. The first kappa shape index (κ1) is 26.9. The summed E-state index contributed by atoms with van der Waals surface area (Å²) in [6.45, 7) is 10.8. The van der Waals surface area contributed by atoms with Crippen LogP contribution >= 0.6 is 0 Å². The largest absolute Gasteiger partial charge is 0.482 e. The topological polar surface area (TPSA) is 76.5 Å². The first-order valence-corrected chi connectivity index (χ1v) is 13.1. The lowest BCUT2D eigenvalue weighted by atomic mass is 9.83. The molecule has 2 fully saturated rings. The van der Waals surface area contributed by atoms with E-state index in [2.05, 4.69) is 11.5 Å². The normalized spacial score (nSPS) is 21.3. The molecule has 2 saturated heterocycles. The summed E-state index contributed by atoms with van der Waals surface area (Å²) in [5.41, 5.74) is 1.60. The van der Waals surface area contributed by atoms with Crippen LogP contribution in [0.2, 0.25) is 0 Å². The van der Waals surface area contributed by atoms with Gasteiger partial charge in [-0.3, -0.25) is 14.7 Å². The molecule has 2 aliphatic heterocycles. The fourth-order valence-corrected chi connectivity index (χ4v) is 5.15. The van der Waals surface area contributed by atoms with E-state index >= 15 is 0 Å². The van der Waals surface area contributed by atoms with Crippen LogP contribution in [-0.2, 0) is 6.54 Å². The van der Waals surface area contributed by atoms with Crippen LogP contribution in [0.15, 0.2) is 73.3 Å². The Bertz CT molecular complexity index is 1100. The van der Waals surface area contributed by atoms with Gasteiger partial charge in [-0.1, -0.05) is 36.9 Å². The second-order valence-electron chi connectivity index (χ2n) is 10.1. The Morgan fingerprint density at radius 3 is 2.54 bits per heavy atom. The molecule has 2 heterocycles. The van der Waals surface area contributed by atoms with Crippen LogP contribution < -0.4 is 14.5 Å². The third-order valence-electron chi connectivity index (χ3n) is 7.42. The number of aliphatic hydroxyl groups is 2. The Kier molecular flexibility index (Phi) is 8.69. The van der Waals surface area contributed by atoms with Crippen molar-refractivity contribution in [3.63, 3.8) is 0 Å². The third kappa shape index (κ3) is 6.24. The van der Waals surface area contributed by atoms with Crippen molar-refractivity contribution in [1.82, 2.24) is 4.90 Å². The number of urea groups is 1. The molecule has 2 aromatic rings. The number of benzene rings is 2. The molecule has 0 bridgehead atoms. The number of aliphatic hydroxyl groups excluding tert-OH is 1. The number of piperidine rings is 1. The molecule has 0 saturated carbocycles. The lowest BCUT2D eigenvalue weighted by Crippen LogP contribution is -2.47. The van der Waals surface area contributed by atoms with Crippen LogP contribution in [0.25, 0.3) is 0 Å². The molecule has 37 heavy (non-hydrogen) atoms. The van der Waals surface area contributed by atoms with E-state index in [0.29, 0.717) is 31.9 Å². The molecule has 0 spiro atoms. The standard InChI is InChI=1S/C30H39N3O4/c1-4-10-27(5-2)37-28-19-26(33-18-17-32(29(33)35)25-12-7-6-8-13-25)15-14-23(28)20-31-16-9-11-24(21-31)30(3,36)22-34/h4-8,10,12-15,19,24,27,34,36H,2,9,11,16-18,20-22H2,1,3H3/b10-4+/t24-,27?,30+/m0/s1. The highest BCUT2D eigenvalue weighted by atomic mass is 16.5. The molecule has 2 amide bonds. The van der Waals surface area contributed by atoms with Gasteiger partial charge < -0.3 is 14.9 Å². The number of anilines is 2. The van der Waals surface area contributed by atoms with E-state index in [1.165, 1.54) is 0 Å². The summed E-state index contributed by atoms with van der Waals surface area (Å²) in [6.07, 6.45) is 7.19. The highest BCUT2D eigenvalue weighted by Crippen LogP contribution is 2.33. The number of para-hydroxylation sites is 1. The lowest BCUT2D eigenvalue weighted by molar-refractivity contribution is -0.0697. The van der Waals surface area contributed by atoms with Gasteiger partial charge >= 0.3 is 6.03 Å². The minimum Gasteiger partial charge on any atom is -0.482 e. The SMILES string of the molecule is C=CC(/C=C/C)Oc1cc(N2CCN(c3ccccc3)C2=O)ccc1CN1CCC[C@H]([C@](C)(O)CO)C1. The summed E-state index contributed by atoms with van der Waals surface area (Å²) in [4.78, 5) is 19.2. The molecule has 2 aliphatic rings. The number of hydrogen-bond donors (Lipinski definition) is 2. The number of nitrogens with zero attached hydrogens (tertiary/aromatic N) is 3. The second kappa shape index (κ2) is 11.9. The summed E-state index contributed by atoms with van der Waals surface area (Å²) in [5.74, 6) is 0.715. The van der Waals surface area contributed by atoms with E-state index in [1.54, 1.807) is 22.8 Å². The van der Waals surface area contributed by atoms with Crippen LogP contribution in [0.3, 0.4) is 0 Å². The quantitative estimate of drug-likeness (QED) is 0.462. The number of carbonyl (C=O) groups excluding carboxylic acids is 1. The van der Waals surface area contributed by atoms with Crippen molar-refractivity contribution in [1.29, 1.82) is 0 Å². The smallest absolute Gasteiger partial charge is 0.329 e. The third-order valence-corrected chi connectivity index (χ3v) is 7.42. The average Bonchev–Trinajstić information content (AvgIpc) is 3.31. The number of ether oxygens (including phenoxy) is 1. The number of allylic oxidation sites excluding steroid dienone is 1. The van der Waals surface area contributed by atoms with Crippen LogP contribution in [0, 0.1) is 5.92 Å². The van der Waals surface area contributed by atoms with Gasteiger partial charge in [-0.25, -0.2) is 4.79 Å². The molecule has 0 aromatic heterocycles. The fraction of sp³-hybridized carbons (Fsp3) is 0.433. The Morgan fingerprint density at radius 1 is 1.14 bits per heavy atom. The Hall–Kier alpha value is -3.13. The number of carbonyl (C=O) groups is 1. The highest BCUT2D eigenvalue weighted by molar-refractivity contribution is 6.06. The monoisotopic (exact) mass is 505 g/mol. The summed E-state index contributed by atoms with van der Waals surface area (Å²) in [6, 6.07) is 15.6. The molecule has 2 N–H and O–H groups in total. The molecular formula is C30H39N3O4. The molecule has 1 unspecified atom stereocenters. The predicted molar refractivity (Wildman–Crippen MR) is 148 cm³/mol. The maximum absolute atomic E-state index is 13.3. The van der Waals surface area contributed by atoms with E-state index in [-0.39, 0.29) is 24.7 Å². The molecule has 4 rings (SSSR count). The van der Waals surface area contributed by atoms with Crippen molar-refractivity contribution < 1.29 is 19.7 Å². The molecule has 7 heteroatoms. The van der Waals surface area contributed by atoms with E-state index in [4.69, 9.17) is 4.74 Å². The highest BCUT2D eigenvalue weighted by Gasteiger charge is 2.35. The first-order valence-electron chi connectivity index (χ1n) is 13.1. The van der Waals surface area contributed by atoms with Gasteiger partial charge in [0.25, 0.3) is 0 Å². The number of hydrogen-bond acceptors (Lipinski definition) is 5. The fourth-order valence-electron chi connectivity index (χ4n) is 5.15. The molecule has 7 nitrogen and oxygen atoms in total.